The monoisotopic (exact) mass is 250 g/mol. The van der Waals surface area contributed by atoms with E-state index in [1.54, 1.807) is 0 Å². The van der Waals surface area contributed by atoms with E-state index in [1.165, 1.54) is 0 Å². The van der Waals surface area contributed by atoms with Crippen LogP contribution in [0.2, 0.25) is 0 Å². The predicted molar refractivity (Wildman–Crippen MR) is 79.2 cm³/mol. The van der Waals surface area contributed by atoms with Crippen molar-refractivity contribution in [3.05, 3.63) is 18.2 Å². The summed E-state index contributed by atoms with van der Waals surface area (Å²) in [5, 5.41) is 3.56. The van der Waals surface area contributed by atoms with Gasteiger partial charge in [0.15, 0.2) is 0 Å². The van der Waals surface area contributed by atoms with Gasteiger partial charge in [-0.1, -0.05) is 13.8 Å². The van der Waals surface area contributed by atoms with Gasteiger partial charge in [0.2, 0.25) is 0 Å². The molecule has 0 unspecified atom stereocenters. The van der Waals surface area contributed by atoms with Gasteiger partial charge in [0.05, 0.1) is 11.8 Å². The standard InChI is InChI=1S/C15H26N2O/c1-6-15(5,7-2)17-12-8-9-13(16)14(10-12)18-11(3)4/h8-11,17H,6-7,16H2,1-5H3. The summed E-state index contributed by atoms with van der Waals surface area (Å²) in [6.45, 7) is 10.6. The summed E-state index contributed by atoms with van der Waals surface area (Å²) in [4.78, 5) is 0. The molecule has 1 aromatic rings. The maximum Gasteiger partial charge on any atom is 0.144 e. The van der Waals surface area contributed by atoms with Crippen LogP contribution in [0.25, 0.3) is 0 Å². The molecule has 3 nitrogen and oxygen atoms in total. The Morgan fingerprint density at radius 2 is 1.89 bits per heavy atom. The van der Waals surface area contributed by atoms with Crippen molar-refractivity contribution in [1.29, 1.82) is 0 Å². The van der Waals surface area contributed by atoms with Crippen LogP contribution in [0.3, 0.4) is 0 Å². The SMILES string of the molecule is CCC(C)(CC)Nc1ccc(N)c(OC(C)C)c1. The maximum atomic E-state index is 5.91. The highest BCUT2D eigenvalue weighted by atomic mass is 16.5. The second kappa shape index (κ2) is 5.98. The minimum atomic E-state index is 0.116. The van der Waals surface area contributed by atoms with Crippen LogP contribution in [0.1, 0.15) is 47.5 Å². The van der Waals surface area contributed by atoms with Crippen molar-refractivity contribution in [2.24, 2.45) is 0 Å². The molecule has 0 saturated carbocycles. The van der Waals surface area contributed by atoms with Crippen LogP contribution >= 0.6 is 0 Å². The second-order valence-corrected chi connectivity index (χ2v) is 5.31. The van der Waals surface area contributed by atoms with Crippen LogP contribution in [0.4, 0.5) is 11.4 Å². The van der Waals surface area contributed by atoms with E-state index >= 15 is 0 Å². The summed E-state index contributed by atoms with van der Waals surface area (Å²) in [7, 11) is 0. The molecule has 0 radical (unpaired) electrons. The van der Waals surface area contributed by atoms with Crippen molar-refractivity contribution in [2.45, 2.75) is 59.1 Å². The zero-order chi connectivity index (χ0) is 13.8. The van der Waals surface area contributed by atoms with Gasteiger partial charge in [0.1, 0.15) is 5.75 Å². The molecule has 3 N–H and O–H groups in total. The molecule has 3 heteroatoms. The molecule has 18 heavy (non-hydrogen) atoms. The number of rotatable bonds is 6. The fraction of sp³-hybridized carbons (Fsp3) is 0.600. The lowest BCUT2D eigenvalue weighted by atomic mass is 9.95. The molecule has 1 rings (SSSR count). The largest absolute Gasteiger partial charge is 0.489 e. The number of nitrogens with one attached hydrogen (secondary N) is 1. The maximum absolute atomic E-state index is 5.91. The lowest BCUT2D eigenvalue weighted by Crippen LogP contribution is -2.32. The zero-order valence-corrected chi connectivity index (χ0v) is 12.2. The molecule has 0 bridgehead atoms. The lowest BCUT2D eigenvalue weighted by molar-refractivity contribution is 0.244. The van der Waals surface area contributed by atoms with Crippen LogP contribution in [-0.4, -0.2) is 11.6 Å². The van der Waals surface area contributed by atoms with Gasteiger partial charge in [-0.15, -0.1) is 0 Å². The van der Waals surface area contributed by atoms with Crippen molar-refractivity contribution >= 4 is 11.4 Å². The summed E-state index contributed by atoms with van der Waals surface area (Å²) < 4.78 is 5.70. The summed E-state index contributed by atoms with van der Waals surface area (Å²) in [5.41, 5.74) is 7.78. The molecule has 0 amide bonds. The number of anilines is 2. The van der Waals surface area contributed by atoms with Crippen molar-refractivity contribution in [3.63, 3.8) is 0 Å². The molecule has 0 aliphatic rings. The van der Waals surface area contributed by atoms with Gasteiger partial charge in [-0.25, -0.2) is 0 Å². The molecule has 1 aromatic carbocycles. The Bertz CT molecular complexity index is 384. The van der Waals surface area contributed by atoms with Crippen molar-refractivity contribution < 1.29 is 4.74 Å². The quantitative estimate of drug-likeness (QED) is 0.749. The van der Waals surface area contributed by atoms with E-state index in [1.807, 2.05) is 32.0 Å². The van der Waals surface area contributed by atoms with E-state index in [4.69, 9.17) is 10.5 Å². The van der Waals surface area contributed by atoms with Crippen LogP contribution in [0.15, 0.2) is 18.2 Å². The Kier molecular flexibility index (Phi) is 4.88. The number of hydrogen-bond donors (Lipinski definition) is 2. The molecule has 0 atom stereocenters. The third kappa shape index (κ3) is 3.83. The van der Waals surface area contributed by atoms with Gasteiger partial charge in [0.25, 0.3) is 0 Å². The summed E-state index contributed by atoms with van der Waals surface area (Å²) in [5.74, 6) is 0.754. The first kappa shape index (κ1) is 14.7. The Hall–Kier alpha value is -1.38. The molecule has 0 aliphatic heterocycles. The highest BCUT2D eigenvalue weighted by Gasteiger charge is 2.19. The van der Waals surface area contributed by atoms with Gasteiger partial charge < -0.3 is 15.8 Å². The van der Waals surface area contributed by atoms with Gasteiger partial charge >= 0.3 is 0 Å². The van der Waals surface area contributed by atoms with Crippen LogP contribution in [0, 0.1) is 0 Å². The van der Waals surface area contributed by atoms with Crippen LogP contribution < -0.4 is 15.8 Å². The number of nitrogens with two attached hydrogens (primary N) is 1. The summed E-state index contributed by atoms with van der Waals surface area (Å²) in [6.07, 6.45) is 2.29. The first-order valence-electron chi connectivity index (χ1n) is 6.74. The third-order valence-electron chi connectivity index (χ3n) is 3.38. The van der Waals surface area contributed by atoms with Gasteiger partial charge in [-0.05, 0) is 45.7 Å². The fourth-order valence-corrected chi connectivity index (χ4v) is 1.74. The number of ether oxygens (including phenoxy) is 1. The Balaban J connectivity index is 2.91. The molecule has 0 saturated heterocycles. The van der Waals surface area contributed by atoms with E-state index < -0.39 is 0 Å². The van der Waals surface area contributed by atoms with Gasteiger partial charge in [-0.3, -0.25) is 0 Å². The van der Waals surface area contributed by atoms with Crippen LogP contribution in [0.5, 0.6) is 5.75 Å². The summed E-state index contributed by atoms with van der Waals surface area (Å²) in [6, 6.07) is 5.89. The number of hydrogen-bond acceptors (Lipinski definition) is 3. The fourth-order valence-electron chi connectivity index (χ4n) is 1.74. The Morgan fingerprint density at radius 1 is 1.28 bits per heavy atom. The van der Waals surface area contributed by atoms with Crippen molar-refractivity contribution in [1.82, 2.24) is 0 Å². The summed E-state index contributed by atoms with van der Waals surface area (Å²) >= 11 is 0. The minimum Gasteiger partial charge on any atom is -0.489 e. The second-order valence-electron chi connectivity index (χ2n) is 5.31. The van der Waals surface area contributed by atoms with Crippen LogP contribution in [-0.2, 0) is 0 Å². The van der Waals surface area contributed by atoms with E-state index in [-0.39, 0.29) is 11.6 Å². The van der Waals surface area contributed by atoms with E-state index in [2.05, 4.69) is 26.1 Å². The number of nitrogen functional groups attached to an aromatic ring is 1. The molecule has 0 heterocycles. The third-order valence-corrected chi connectivity index (χ3v) is 3.38. The van der Waals surface area contributed by atoms with Crippen molar-refractivity contribution in [3.8, 4) is 5.75 Å². The molecular weight excluding hydrogens is 224 g/mol. The predicted octanol–water partition coefficient (Wildman–Crippen LogP) is 4.05. The Morgan fingerprint density at radius 3 is 2.39 bits per heavy atom. The zero-order valence-electron chi connectivity index (χ0n) is 12.2. The molecular formula is C15H26N2O. The minimum absolute atomic E-state index is 0.116. The Labute approximate surface area is 111 Å². The highest BCUT2D eigenvalue weighted by Crippen LogP contribution is 2.29. The molecule has 0 spiro atoms. The first-order chi connectivity index (χ1) is 8.40. The smallest absolute Gasteiger partial charge is 0.144 e. The first-order valence-corrected chi connectivity index (χ1v) is 6.74. The molecule has 0 fully saturated rings. The lowest BCUT2D eigenvalue weighted by Gasteiger charge is -2.30. The van der Waals surface area contributed by atoms with Gasteiger partial charge in [-0.2, -0.15) is 0 Å². The van der Waals surface area contributed by atoms with Gasteiger partial charge in [0, 0.05) is 17.3 Å². The van der Waals surface area contributed by atoms with E-state index in [0.717, 1.165) is 24.3 Å². The van der Waals surface area contributed by atoms with E-state index in [0.29, 0.717) is 5.69 Å². The normalized spacial score (nSPS) is 11.7. The molecule has 0 aromatic heterocycles. The molecule has 0 aliphatic carbocycles. The average molecular weight is 250 g/mol. The number of benzene rings is 1. The highest BCUT2D eigenvalue weighted by molar-refractivity contribution is 5.62. The molecule has 102 valence electrons. The van der Waals surface area contributed by atoms with Crippen molar-refractivity contribution in [2.75, 3.05) is 11.1 Å². The average Bonchev–Trinajstić information content (AvgIpc) is 2.33. The van der Waals surface area contributed by atoms with E-state index in [9.17, 15) is 0 Å². The topological polar surface area (TPSA) is 47.3 Å².